The fourth-order valence-electron chi connectivity index (χ4n) is 1.16. The molecule has 0 atom stereocenters. The Labute approximate surface area is 95.3 Å². The van der Waals surface area contributed by atoms with Gasteiger partial charge in [-0.2, -0.15) is 0 Å². The number of nitrogens with zero attached hydrogens (tertiary/aromatic N) is 1. The minimum Gasteiger partial charge on any atom is -0.384 e. The Morgan fingerprint density at radius 1 is 1.44 bits per heavy atom. The second-order valence-corrected chi connectivity index (χ2v) is 4.99. The van der Waals surface area contributed by atoms with E-state index >= 15 is 0 Å². The van der Waals surface area contributed by atoms with Gasteiger partial charge in [-0.1, -0.05) is 0 Å². The maximum atomic E-state index is 10.7. The Balaban J connectivity index is 2.51. The Morgan fingerprint density at radius 2 is 2.19 bits per heavy atom. The smallest absolute Gasteiger partial charge is 0.210 e. The normalized spacial score (nSPS) is 11.1. The second kappa shape index (κ2) is 5.66. The standard InChI is InChI=1S/C9H16N4O2S/c1-2-11-9-7-8(3-4-13-9)12-5-6-16(10,14)15/h3-4,7H,2,5-6H2,1H3,(H2,10,14,15)(H2,11,12,13). The summed E-state index contributed by atoms with van der Waals surface area (Å²) in [6.45, 7) is 3.05. The fourth-order valence-corrected chi connectivity index (χ4v) is 1.54. The first-order chi connectivity index (χ1) is 7.51. The lowest BCUT2D eigenvalue weighted by Gasteiger charge is -2.07. The van der Waals surface area contributed by atoms with E-state index in [1.54, 1.807) is 12.3 Å². The van der Waals surface area contributed by atoms with Gasteiger partial charge in [-0.25, -0.2) is 18.5 Å². The van der Waals surface area contributed by atoms with Crippen LogP contribution in [0.3, 0.4) is 0 Å². The van der Waals surface area contributed by atoms with Crippen LogP contribution in [-0.4, -0.2) is 32.2 Å². The highest BCUT2D eigenvalue weighted by molar-refractivity contribution is 7.89. The third-order valence-electron chi connectivity index (χ3n) is 1.83. The largest absolute Gasteiger partial charge is 0.384 e. The fraction of sp³-hybridized carbons (Fsp3) is 0.444. The van der Waals surface area contributed by atoms with Crippen LogP contribution in [0.5, 0.6) is 0 Å². The van der Waals surface area contributed by atoms with E-state index in [1.807, 2.05) is 13.0 Å². The van der Waals surface area contributed by atoms with Crippen LogP contribution in [0.4, 0.5) is 11.5 Å². The first-order valence-corrected chi connectivity index (χ1v) is 6.67. The average molecular weight is 244 g/mol. The minimum atomic E-state index is -3.41. The van der Waals surface area contributed by atoms with Gasteiger partial charge in [0.2, 0.25) is 10.0 Å². The summed E-state index contributed by atoms with van der Waals surface area (Å²) in [4.78, 5) is 4.09. The third-order valence-corrected chi connectivity index (χ3v) is 2.61. The van der Waals surface area contributed by atoms with Gasteiger partial charge in [-0.3, -0.25) is 0 Å². The van der Waals surface area contributed by atoms with Crippen LogP contribution in [0.15, 0.2) is 18.3 Å². The zero-order chi connectivity index (χ0) is 12.0. The van der Waals surface area contributed by atoms with Gasteiger partial charge in [0.05, 0.1) is 5.75 Å². The number of nitrogens with one attached hydrogen (secondary N) is 2. The summed E-state index contributed by atoms with van der Waals surface area (Å²) in [5.74, 6) is 0.661. The molecule has 0 radical (unpaired) electrons. The van der Waals surface area contributed by atoms with E-state index in [0.717, 1.165) is 18.1 Å². The van der Waals surface area contributed by atoms with Crippen molar-refractivity contribution in [2.24, 2.45) is 5.14 Å². The maximum Gasteiger partial charge on any atom is 0.210 e. The molecule has 0 saturated heterocycles. The van der Waals surface area contributed by atoms with Crippen LogP contribution >= 0.6 is 0 Å². The summed E-state index contributed by atoms with van der Waals surface area (Å²) < 4.78 is 21.4. The Morgan fingerprint density at radius 3 is 2.81 bits per heavy atom. The van der Waals surface area contributed by atoms with Gasteiger partial charge in [-0.15, -0.1) is 0 Å². The van der Waals surface area contributed by atoms with Crippen molar-refractivity contribution < 1.29 is 8.42 Å². The Hall–Kier alpha value is -1.34. The number of rotatable bonds is 6. The van der Waals surface area contributed by atoms with E-state index in [-0.39, 0.29) is 12.3 Å². The molecule has 90 valence electrons. The number of aromatic nitrogens is 1. The van der Waals surface area contributed by atoms with E-state index < -0.39 is 10.0 Å². The zero-order valence-electron chi connectivity index (χ0n) is 9.10. The lowest BCUT2D eigenvalue weighted by molar-refractivity contribution is 0.598. The lowest BCUT2D eigenvalue weighted by Crippen LogP contribution is -2.22. The number of nitrogens with two attached hydrogens (primary N) is 1. The van der Waals surface area contributed by atoms with Crippen LogP contribution in [0, 0.1) is 0 Å². The number of hydrogen-bond acceptors (Lipinski definition) is 5. The van der Waals surface area contributed by atoms with Gasteiger partial charge < -0.3 is 10.6 Å². The number of pyridine rings is 1. The van der Waals surface area contributed by atoms with Gasteiger partial charge in [0.1, 0.15) is 5.82 Å². The summed E-state index contributed by atoms with van der Waals surface area (Å²) in [6, 6.07) is 3.58. The number of primary sulfonamides is 1. The summed E-state index contributed by atoms with van der Waals surface area (Å²) in [5.41, 5.74) is 0.814. The monoisotopic (exact) mass is 244 g/mol. The van der Waals surface area contributed by atoms with Gasteiger partial charge in [0, 0.05) is 31.0 Å². The molecule has 0 bridgehead atoms. The van der Waals surface area contributed by atoms with Crippen LogP contribution < -0.4 is 15.8 Å². The molecular weight excluding hydrogens is 228 g/mol. The van der Waals surface area contributed by atoms with Crippen molar-refractivity contribution in [3.63, 3.8) is 0 Å². The van der Waals surface area contributed by atoms with Gasteiger partial charge in [-0.05, 0) is 13.0 Å². The van der Waals surface area contributed by atoms with Crippen molar-refractivity contribution in [3.05, 3.63) is 18.3 Å². The number of anilines is 2. The topological polar surface area (TPSA) is 97.1 Å². The molecule has 0 spiro atoms. The average Bonchev–Trinajstić information content (AvgIpc) is 2.17. The van der Waals surface area contributed by atoms with E-state index in [9.17, 15) is 8.42 Å². The molecule has 0 fully saturated rings. The van der Waals surface area contributed by atoms with E-state index in [1.165, 1.54) is 0 Å². The lowest BCUT2D eigenvalue weighted by atomic mass is 10.4. The summed E-state index contributed by atoms with van der Waals surface area (Å²) >= 11 is 0. The molecular formula is C9H16N4O2S. The first-order valence-electron chi connectivity index (χ1n) is 4.95. The molecule has 16 heavy (non-hydrogen) atoms. The van der Waals surface area contributed by atoms with Gasteiger partial charge in [0.15, 0.2) is 0 Å². The van der Waals surface area contributed by atoms with E-state index in [2.05, 4.69) is 15.6 Å². The highest BCUT2D eigenvalue weighted by Crippen LogP contribution is 2.11. The molecule has 0 aliphatic heterocycles. The quantitative estimate of drug-likeness (QED) is 0.665. The van der Waals surface area contributed by atoms with E-state index in [4.69, 9.17) is 5.14 Å². The molecule has 1 rings (SSSR count). The molecule has 1 heterocycles. The van der Waals surface area contributed by atoms with Crippen LogP contribution in [0.25, 0.3) is 0 Å². The summed E-state index contributed by atoms with van der Waals surface area (Å²) in [5, 5.41) is 10.9. The van der Waals surface area contributed by atoms with Crippen LogP contribution in [0.1, 0.15) is 6.92 Å². The molecule has 0 amide bonds. The highest BCUT2D eigenvalue weighted by atomic mass is 32.2. The minimum absolute atomic E-state index is 0.0914. The van der Waals surface area contributed by atoms with Crippen molar-refractivity contribution >= 4 is 21.5 Å². The SMILES string of the molecule is CCNc1cc(NCCS(N)(=O)=O)ccn1. The molecule has 7 heteroatoms. The summed E-state index contributed by atoms with van der Waals surface area (Å²) in [7, 11) is -3.41. The third kappa shape index (κ3) is 4.94. The van der Waals surface area contributed by atoms with Crippen LogP contribution in [-0.2, 0) is 10.0 Å². The first kappa shape index (κ1) is 12.7. The van der Waals surface area contributed by atoms with Crippen molar-refractivity contribution in [2.75, 3.05) is 29.5 Å². The van der Waals surface area contributed by atoms with Crippen molar-refractivity contribution in [1.82, 2.24) is 4.98 Å². The summed E-state index contributed by atoms with van der Waals surface area (Å²) in [6.07, 6.45) is 1.65. The molecule has 1 aromatic rings. The van der Waals surface area contributed by atoms with Gasteiger partial charge >= 0.3 is 0 Å². The molecule has 0 unspecified atom stereocenters. The molecule has 0 aromatic carbocycles. The van der Waals surface area contributed by atoms with Crippen molar-refractivity contribution in [2.45, 2.75) is 6.92 Å². The van der Waals surface area contributed by atoms with Crippen molar-refractivity contribution in [1.29, 1.82) is 0 Å². The molecule has 0 aliphatic rings. The Bertz CT molecular complexity index is 433. The molecule has 0 aliphatic carbocycles. The van der Waals surface area contributed by atoms with Gasteiger partial charge in [0.25, 0.3) is 0 Å². The predicted molar refractivity (Wildman–Crippen MR) is 64.9 cm³/mol. The molecule has 0 saturated carbocycles. The Kier molecular flexibility index (Phi) is 4.51. The number of hydrogen-bond donors (Lipinski definition) is 3. The zero-order valence-corrected chi connectivity index (χ0v) is 9.92. The molecule has 6 nitrogen and oxygen atoms in total. The number of sulfonamides is 1. The molecule has 4 N–H and O–H groups in total. The van der Waals surface area contributed by atoms with Crippen molar-refractivity contribution in [3.8, 4) is 0 Å². The van der Waals surface area contributed by atoms with Crippen LogP contribution in [0.2, 0.25) is 0 Å². The second-order valence-electron chi connectivity index (χ2n) is 3.25. The van der Waals surface area contributed by atoms with E-state index in [0.29, 0.717) is 0 Å². The maximum absolute atomic E-state index is 10.7. The highest BCUT2D eigenvalue weighted by Gasteiger charge is 2.02. The predicted octanol–water partition coefficient (Wildman–Crippen LogP) is 0.214. The molecule has 1 aromatic heterocycles.